The third-order valence-electron chi connectivity index (χ3n) is 4.34. The van der Waals surface area contributed by atoms with Gasteiger partial charge in [0.25, 0.3) is 5.91 Å². The summed E-state index contributed by atoms with van der Waals surface area (Å²) in [6.45, 7) is 2.20. The van der Waals surface area contributed by atoms with Gasteiger partial charge in [0.1, 0.15) is 5.75 Å². The predicted molar refractivity (Wildman–Crippen MR) is 93.4 cm³/mol. The molecule has 0 radical (unpaired) electrons. The van der Waals surface area contributed by atoms with Crippen LogP contribution in [0.15, 0.2) is 48.8 Å². The molecule has 130 valence electrons. The second kappa shape index (κ2) is 7.79. The van der Waals surface area contributed by atoms with Crippen molar-refractivity contribution in [3.05, 3.63) is 59.9 Å². The van der Waals surface area contributed by atoms with Crippen LogP contribution in [0.1, 0.15) is 15.9 Å². The Morgan fingerprint density at radius 3 is 2.32 bits per heavy atom. The van der Waals surface area contributed by atoms with Crippen LogP contribution in [0.3, 0.4) is 0 Å². The van der Waals surface area contributed by atoms with E-state index < -0.39 is 0 Å². The third-order valence-corrected chi connectivity index (χ3v) is 4.34. The average molecular weight is 339 g/mol. The first-order valence-corrected chi connectivity index (χ1v) is 8.27. The number of methoxy groups -OCH3 is 1. The van der Waals surface area contributed by atoms with Gasteiger partial charge in [-0.25, -0.2) is 0 Å². The van der Waals surface area contributed by atoms with Crippen molar-refractivity contribution in [1.82, 2.24) is 14.8 Å². The van der Waals surface area contributed by atoms with Gasteiger partial charge in [-0.3, -0.25) is 14.6 Å². The van der Waals surface area contributed by atoms with Crippen molar-refractivity contribution in [2.75, 3.05) is 33.3 Å². The van der Waals surface area contributed by atoms with Crippen LogP contribution in [0.5, 0.6) is 5.75 Å². The molecule has 2 heterocycles. The Bertz CT molecular complexity index is 723. The lowest BCUT2D eigenvalue weighted by molar-refractivity contribution is -0.131. The second-order valence-corrected chi connectivity index (χ2v) is 5.94. The summed E-state index contributed by atoms with van der Waals surface area (Å²) in [6, 6.07) is 11.0. The molecule has 1 aliphatic rings. The molecule has 6 nitrogen and oxygen atoms in total. The van der Waals surface area contributed by atoms with Crippen LogP contribution < -0.4 is 4.74 Å². The number of rotatable bonds is 4. The first-order chi connectivity index (χ1) is 12.2. The zero-order valence-corrected chi connectivity index (χ0v) is 14.2. The Kier molecular flexibility index (Phi) is 5.28. The van der Waals surface area contributed by atoms with E-state index in [-0.39, 0.29) is 11.8 Å². The molecule has 0 unspecified atom stereocenters. The minimum absolute atomic E-state index is 0.0321. The van der Waals surface area contributed by atoms with Crippen molar-refractivity contribution in [2.45, 2.75) is 6.42 Å². The van der Waals surface area contributed by atoms with Crippen molar-refractivity contribution in [3.8, 4) is 5.75 Å². The van der Waals surface area contributed by atoms with Gasteiger partial charge in [0, 0.05) is 38.6 Å². The van der Waals surface area contributed by atoms with E-state index in [1.54, 1.807) is 36.5 Å². The minimum Gasteiger partial charge on any atom is -0.497 e. The summed E-state index contributed by atoms with van der Waals surface area (Å²) in [4.78, 5) is 32.4. The lowest BCUT2D eigenvalue weighted by Crippen LogP contribution is -2.51. The van der Waals surface area contributed by atoms with Crippen LogP contribution in [-0.2, 0) is 11.2 Å². The molecule has 0 aliphatic carbocycles. The molecule has 1 aromatic carbocycles. The van der Waals surface area contributed by atoms with E-state index in [4.69, 9.17) is 4.74 Å². The molecule has 25 heavy (non-hydrogen) atoms. The number of aromatic nitrogens is 1. The summed E-state index contributed by atoms with van der Waals surface area (Å²) in [5, 5.41) is 0. The van der Waals surface area contributed by atoms with Gasteiger partial charge in [-0.1, -0.05) is 12.1 Å². The van der Waals surface area contributed by atoms with Crippen LogP contribution in [-0.4, -0.2) is 59.9 Å². The summed E-state index contributed by atoms with van der Waals surface area (Å²) >= 11 is 0. The first kappa shape index (κ1) is 17.0. The molecule has 0 atom stereocenters. The molecule has 1 fully saturated rings. The molecule has 1 aliphatic heterocycles. The standard InChI is InChI=1S/C19H21N3O3/c1-25-17-6-4-15(5-7-17)13-18(23)21-9-11-22(12-10-21)19(24)16-3-2-8-20-14-16/h2-8,14H,9-13H2,1H3. The summed E-state index contributed by atoms with van der Waals surface area (Å²) in [5.41, 5.74) is 1.54. The third kappa shape index (κ3) is 4.15. The van der Waals surface area contributed by atoms with Crippen molar-refractivity contribution in [3.63, 3.8) is 0 Å². The largest absolute Gasteiger partial charge is 0.497 e. The smallest absolute Gasteiger partial charge is 0.255 e. The highest BCUT2D eigenvalue weighted by Crippen LogP contribution is 2.14. The molecule has 2 amide bonds. The van der Waals surface area contributed by atoms with Crippen LogP contribution in [0.2, 0.25) is 0 Å². The number of ether oxygens (including phenoxy) is 1. The van der Waals surface area contributed by atoms with Crippen molar-refractivity contribution in [1.29, 1.82) is 0 Å². The monoisotopic (exact) mass is 339 g/mol. The van der Waals surface area contributed by atoms with E-state index in [2.05, 4.69) is 4.98 Å². The molecule has 1 saturated heterocycles. The van der Waals surface area contributed by atoms with Gasteiger partial charge < -0.3 is 14.5 Å². The van der Waals surface area contributed by atoms with Gasteiger partial charge in [-0.15, -0.1) is 0 Å². The highest BCUT2D eigenvalue weighted by Gasteiger charge is 2.24. The molecule has 6 heteroatoms. The fraction of sp³-hybridized carbons (Fsp3) is 0.316. The summed E-state index contributed by atoms with van der Waals surface area (Å²) < 4.78 is 5.12. The molecular formula is C19H21N3O3. The van der Waals surface area contributed by atoms with Crippen LogP contribution in [0, 0.1) is 0 Å². The highest BCUT2D eigenvalue weighted by molar-refractivity contribution is 5.94. The normalized spacial score (nSPS) is 14.3. The van der Waals surface area contributed by atoms with Gasteiger partial charge in [-0.2, -0.15) is 0 Å². The van der Waals surface area contributed by atoms with E-state index in [0.717, 1.165) is 11.3 Å². The van der Waals surface area contributed by atoms with Crippen molar-refractivity contribution in [2.24, 2.45) is 0 Å². The van der Waals surface area contributed by atoms with Crippen LogP contribution in [0.25, 0.3) is 0 Å². The molecule has 0 N–H and O–H groups in total. The van der Waals surface area contributed by atoms with E-state index in [0.29, 0.717) is 38.2 Å². The lowest BCUT2D eigenvalue weighted by atomic mass is 10.1. The highest BCUT2D eigenvalue weighted by atomic mass is 16.5. The zero-order chi connectivity index (χ0) is 17.6. The number of amides is 2. The number of piperazine rings is 1. The van der Waals surface area contributed by atoms with Crippen molar-refractivity contribution < 1.29 is 14.3 Å². The van der Waals surface area contributed by atoms with E-state index in [1.165, 1.54) is 0 Å². The predicted octanol–water partition coefficient (Wildman–Crippen LogP) is 1.62. The number of carbonyl (C=O) groups is 2. The summed E-state index contributed by atoms with van der Waals surface area (Å²) in [6.07, 6.45) is 3.58. The summed E-state index contributed by atoms with van der Waals surface area (Å²) in [5.74, 6) is 0.827. The van der Waals surface area contributed by atoms with E-state index >= 15 is 0 Å². The second-order valence-electron chi connectivity index (χ2n) is 5.94. The van der Waals surface area contributed by atoms with E-state index in [1.807, 2.05) is 29.2 Å². The van der Waals surface area contributed by atoms with Gasteiger partial charge in [0.15, 0.2) is 0 Å². The Morgan fingerprint density at radius 2 is 1.72 bits per heavy atom. The lowest BCUT2D eigenvalue weighted by Gasteiger charge is -2.34. The molecule has 1 aromatic heterocycles. The maximum Gasteiger partial charge on any atom is 0.255 e. The molecule has 0 bridgehead atoms. The van der Waals surface area contributed by atoms with E-state index in [9.17, 15) is 9.59 Å². The number of nitrogens with zero attached hydrogens (tertiary/aromatic N) is 3. The fourth-order valence-corrected chi connectivity index (χ4v) is 2.86. The molecule has 0 spiro atoms. The molecule has 3 rings (SSSR count). The van der Waals surface area contributed by atoms with Crippen LogP contribution >= 0.6 is 0 Å². The fourth-order valence-electron chi connectivity index (χ4n) is 2.86. The Balaban J connectivity index is 1.53. The number of benzene rings is 1. The maximum atomic E-state index is 12.4. The van der Waals surface area contributed by atoms with Crippen LogP contribution in [0.4, 0.5) is 0 Å². The maximum absolute atomic E-state index is 12.4. The van der Waals surface area contributed by atoms with Crippen molar-refractivity contribution >= 4 is 11.8 Å². The topological polar surface area (TPSA) is 62.7 Å². The van der Waals surface area contributed by atoms with Gasteiger partial charge in [-0.05, 0) is 29.8 Å². The van der Waals surface area contributed by atoms with Gasteiger partial charge in [0.05, 0.1) is 19.1 Å². The zero-order valence-electron chi connectivity index (χ0n) is 14.2. The number of carbonyl (C=O) groups excluding carboxylic acids is 2. The molecular weight excluding hydrogens is 318 g/mol. The summed E-state index contributed by atoms with van der Waals surface area (Å²) in [7, 11) is 1.62. The molecule has 0 saturated carbocycles. The quantitative estimate of drug-likeness (QED) is 0.849. The minimum atomic E-state index is -0.0321. The van der Waals surface area contributed by atoms with Gasteiger partial charge in [0.2, 0.25) is 5.91 Å². The first-order valence-electron chi connectivity index (χ1n) is 8.27. The number of hydrogen-bond acceptors (Lipinski definition) is 4. The average Bonchev–Trinajstić information content (AvgIpc) is 2.69. The SMILES string of the molecule is COc1ccc(CC(=O)N2CCN(C(=O)c3cccnc3)CC2)cc1. The Labute approximate surface area is 147 Å². The Hall–Kier alpha value is -2.89. The Morgan fingerprint density at radius 1 is 1.04 bits per heavy atom. The van der Waals surface area contributed by atoms with Gasteiger partial charge >= 0.3 is 0 Å². The molecule has 2 aromatic rings. The number of hydrogen-bond donors (Lipinski definition) is 0. The number of pyridine rings is 1.